The molecule has 0 spiro atoms. The Bertz CT molecular complexity index is 998. The molecule has 0 unspecified atom stereocenters. The van der Waals surface area contributed by atoms with Crippen molar-refractivity contribution in [1.29, 1.82) is 0 Å². The molecule has 1 amide bonds. The third kappa shape index (κ3) is 4.64. The first-order valence-electron chi connectivity index (χ1n) is 8.90. The molecule has 0 saturated carbocycles. The van der Waals surface area contributed by atoms with Gasteiger partial charge in [0.05, 0.1) is 17.9 Å². The van der Waals surface area contributed by atoms with E-state index in [1.54, 1.807) is 24.3 Å². The number of carbonyl (C=O) groups excluding carboxylic acids is 2. The second-order valence-electron chi connectivity index (χ2n) is 6.23. The van der Waals surface area contributed by atoms with Crippen LogP contribution in [0.25, 0.3) is 10.8 Å². The van der Waals surface area contributed by atoms with Gasteiger partial charge in [0, 0.05) is 16.2 Å². The van der Waals surface area contributed by atoms with Crippen molar-refractivity contribution < 1.29 is 18.5 Å². The third-order valence-corrected chi connectivity index (χ3v) is 5.83. The van der Waals surface area contributed by atoms with Crippen molar-refractivity contribution >= 4 is 33.4 Å². The second-order valence-corrected chi connectivity index (χ2v) is 7.80. The molecule has 144 valence electrons. The molecule has 6 heteroatoms. The number of esters is 1. The molecule has 0 aliphatic carbocycles. The molecular formula is C22H21NO4S. The third-order valence-electron chi connectivity index (χ3n) is 4.42. The Morgan fingerprint density at radius 1 is 0.964 bits per heavy atom. The monoisotopic (exact) mass is 395 g/mol. The summed E-state index contributed by atoms with van der Waals surface area (Å²) in [5.41, 5.74) is 0.483. The highest BCUT2D eigenvalue weighted by Crippen LogP contribution is 2.19. The fourth-order valence-electron chi connectivity index (χ4n) is 2.97. The van der Waals surface area contributed by atoms with E-state index >= 15 is 0 Å². The maximum atomic E-state index is 12.8. The Morgan fingerprint density at radius 3 is 2.39 bits per heavy atom. The fraction of sp³-hybridized carbons (Fsp3) is 0.182. The van der Waals surface area contributed by atoms with Gasteiger partial charge in [-0.2, -0.15) is 0 Å². The molecule has 0 bridgehead atoms. The highest BCUT2D eigenvalue weighted by atomic mass is 32.2. The van der Waals surface area contributed by atoms with E-state index in [0.717, 1.165) is 10.8 Å². The summed E-state index contributed by atoms with van der Waals surface area (Å²) in [6.45, 7) is 0. The van der Waals surface area contributed by atoms with E-state index in [0.29, 0.717) is 10.5 Å². The molecule has 1 N–H and O–H groups in total. The maximum absolute atomic E-state index is 12.8. The van der Waals surface area contributed by atoms with E-state index in [1.807, 2.05) is 48.5 Å². The summed E-state index contributed by atoms with van der Waals surface area (Å²) in [6.07, 6.45) is 0.213. The van der Waals surface area contributed by atoms with E-state index in [9.17, 15) is 13.8 Å². The van der Waals surface area contributed by atoms with Gasteiger partial charge in [-0.15, -0.1) is 0 Å². The number of methoxy groups -OCH3 is 1. The molecule has 2 atom stereocenters. The fourth-order valence-corrected chi connectivity index (χ4v) is 4.11. The quantitative estimate of drug-likeness (QED) is 0.623. The normalized spacial score (nSPS) is 12.9. The molecule has 0 radical (unpaired) electrons. The molecular weight excluding hydrogens is 374 g/mol. The first kappa shape index (κ1) is 19.8. The highest BCUT2D eigenvalue weighted by molar-refractivity contribution is 7.85. The van der Waals surface area contributed by atoms with Crippen LogP contribution in [0.15, 0.2) is 77.7 Å². The van der Waals surface area contributed by atoms with E-state index in [4.69, 9.17) is 4.74 Å². The Labute approximate surface area is 166 Å². The lowest BCUT2D eigenvalue weighted by atomic mass is 10.0. The van der Waals surface area contributed by atoms with Crippen LogP contribution in [0.5, 0.6) is 0 Å². The van der Waals surface area contributed by atoms with Crippen LogP contribution in [-0.4, -0.2) is 35.0 Å². The Morgan fingerprint density at radius 2 is 1.64 bits per heavy atom. The largest absolute Gasteiger partial charge is 0.467 e. The van der Waals surface area contributed by atoms with Crippen LogP contribution >= 0.6 is 0 Å². The number of rotatable bonds is 7. The number of ether oxygens (including phenoxy) is 1. The molecule has 3 aromatic carbocycles. The van der Waals surface area contributed by atoms with Gasteiger partial charge in [0.1, 0.15) is 6.04 Å². The number of carbonyl (C=O) groups is 2. The first-order chi connectivity index (χ1) is 13.6. The summed E-state index contributed by atoms with van der Waals surface area (Å²) in [5.74, 6) is -0.684. The summed E-state index contributed by atoms with van der Waals surface area (Å²) < 4.78 is 17.3. The lowest BCUT2D eigenvalue weighted by Crippen LogP contribution is -2.42. The lowest BCUT2D eigenvalue weighted by Gasteiger charge is -2.17. The van der Waals surface area contributed by atoms with E-state index in [1.165, 1.54) is 7.11 Å². The predicted molar refractivity (Wildman–Crippen MR) is 110 cm³/mol. The SMILES string of the molecule is COC(=O)[C@H](CC[S@@](=O)c1ccccc1)NC(=O)c1cccc2ccccc12. The molecule has 0 fully saturated rings. The molecule has 28 heavy (non-hydrogen) atoms. The van der Waals surface area contributed by atoms with Gasteiger partial charge in [0.25, 0.3) is 5.91 Å². The Balaban J connectivity index is 1.74. The highest BCUT2D eigenvalue weighted by Gasteiger charge is 2.23. The number of hydrogen-bond acceptors (Lipinski definition) is 4. The summed E-state index contributed by atoms with van der Waals surface area (Å²) in [7, 11) is 0.00823. The zero-order valence-electron chi connectivity index (χ0n) is 15.5. The van der Waals surface area contributed by atoms with Gasteiger partial charge in [-0.25, -0.2) is 4.79 Å². The number of benzene rings is 3. The molecule has 0 heterocycles. The number of fused-ring (bicyclic) bond motifs is 1. The minimum Gasteiger partial charge on any atom is -0.467 e. The molecule has 0 aromatic heterocycles. The van der Waals surface area contributed by atoms with Crippen molar-refractivity contribution in [2.24, 2.45) is 0 Å². The minimum absolute atomic E-state index is 0.213. The van der Waals surface area contributed by atoms with E-state index in [-0.39, 0.29) is 18.1 Å². The smallest absolute Gasteiger partial charge is 0.328 e. The van der Waals surface area contributed by atoms with Crippen molar-refractivity contribution in [2.45, 2.75) is 17.4 Å². The summed E-state index contributed by atoms with van der Waals surface area (Å²) in [4.78, 5) is 25.7. The molecule has 5 nitrogen and oxygen atoms in total. The van der Waals surface area contributed by atoms with Gasteiger partial charge in [-0.3, -0.25) is 9.00 Å². The van der Waals surface area contributed by atoms with Crippen LogP contribution in [0, 0.1) is 0 Å². The topological polar surface area (TPSA) is 72.5 Å². The average molecular weight is 395 g/mol. The lowest BCUT2D eigenvalue weighted by molar-refractivity contribution is -0.142. The van der Waals surface area contributed by atoms with Crippen molar-refractivity contribution in [2.75, 3.05) is 12.9 Å². The second kappa shape index (κ2) is 9.28. The van der Waals surface area contributed by atoms with Gasteiger partial charge in [-0.1, -0.05) is 54.6 Å². The van der Waals surface area contributed by atoms with Crippen LogP contribution in [0.4, 0.5) is 0 Å². The van der Waals surface area contributed by atoms with Crippen molar-refractivity contribution in [3.8, 4) is 0 Å². The Kier molecular flexibility index (Phi) is 6.55. The van der Waals surface area contributed by atoms with Crippen LogP contribution in [0.1, 0.15) is 16.8 Å². The van der Waals surface area contributed by atoms with Gasteiger partial charge in [0.2, 0.25) is 0 Å². The molecule has 0 aliphatic rings. The molecule has 3 rings (SSSR count). The summed E-state index contributed by atoms with van der Waals surface area (Å²) in [5, 5.41) is 4.48. The van der Waals surface area contributed by atoms with Gasteiger partial charge in [0.15, 0.2) is 0 Å². The van der Waals surface area contributed by atoms with Gasteiger partial charge >= 0.3 is 5.97 Å². The molecule has 3 aromatic rings. The minimum atomic E-state index is -1.26. The first-order valence-corrected chi connectivity index (χ1v) is 10.2. The zero-order valence-corrected chi connectivity index (χ0v) is 16.3. The van der Waals surface area contributed by atoms with E-state index < -0.39 is 22.8 Å². The zero-order chi connectivity index (χ0) is 19.9. The van der Waals surface area contributed by atoms with Crippen molar-refractivity contribution in [1.82, 2.24) is 5.32 Å². The number of hydrogen-bond donors (Lipinski definition) is 1. The number of amides is 1. The Hall–Kier alpha value is -2.99. The van der Waals surface area contributed by atoms with Crippen molar-refractivity contribution in [3.05, 3.63) is 78.4 Å². The molecule has 0 saturated heterocycles. The van der Waals surface area contributed by atoms with Crippen molar-refractivity contribution in [3.63, 3.8) is 0 Å². The van der Waals surface area contributed by atoms with Crippen LogP contribution < -0.4 is 5.32 Å². The standard InChI is InChI=1S/C22H21NO4S/c1-27-22(25)20(14-15-28(26)17-10-3-2-4-11-17)23-21(24)19-13-7-9-16-8-5-6-12-18(16)19/h2-13,20H,14-15H2,1H3,(H,23,24)/t20-,28+/m0/s1. The predicted octanol–water partition coefficient (Wildman–Crippen LogP) is 3.31. The summed E-state index contributed by atoms with van der Waals surface area (Å²) >= 11 is 0. The van der Waals surface area contributed by atoms with Crippen LogP contribution in [-0.2, 0) is 20.3 Å². The maximum Gasteiger partial charge on any atom is 0.328 e. The van der Waals surface area contributed by atoms with Gasteiger partial charge in [-0.05, 0) is 35.4 Å². The van der Waals surface area contributed by atoms with E-state index in [2.05, 4.69) is 5.32 Å². The average Bonchev–Trinajstić information content (AvgIpc) is 2.75. The molecule has 0 aliphatic heterocycles. The van der Waals surface area contributed by atoms with Gasteiger partial charge < -0.3 is 10.1 Å². The van der Waals surface area contributed by atoms with Crippen LogP contribution in [0.3, 0.4) is 0 Å². The van der Waals surface area contributed by atoms with Crippen LogP contribution in [0.2, 0.25) is 0 Å². The summed E-state index contributed by atoms with van der Waals surface area (Å²) in [6, 6.07) is 21.1. The number of nitrogens with one attached hydrogen (secondary N) is 1.